The van der Waals surface area contributed by atoms with Crippen molar-refractivity contribution in [1.82, 2.24) is 7.99 Å². The van der Waals surface area contributed by atoms with Gasteiger partial charge in [-0.3, -0.25) is 5.32 Å². The minimum atomic E-state index is -2.66. The third kappa shape index (κ3) is 4.09. The molecule has 0 bridgehead atoms. The van der Waals surface area contributed by atoms with E-state index in [0.29, 0.717) is 17.1 Å². The van der Waals surface area contributed by atoms with E-state index in [4.69, 9.17) is 4.74 Å². The molecular formula is C16H20F4IN3O2. The molecule has 3 rings (SSSR count). The van der Waals surface area contributed by atoms with Crippen LogP contribution in [0.2, 0.25) is 0 Å². The molecule has 0 atom stereocenters. The standard InChI is InChI=1S/C16H20F4IN3O2/c1-8(2)11-12(10-5-16(19,20)6-10)23-24(21)13(11)22-14(25)26-7-9-3-15(17,18)4-9/h8-10H,3-7H2,1-2H3,(H,22,25). The Bertz CT molecular complexity index is 692. The van der Waals surface area contributed by atoms with Crippen LogP contribution in [-0.4, -0.2) is 32.5 Å². The summed E-state index contributed by atoms with van der Waals surface area (Å²) in [5.74, 6) is -5.65. The number of hydrogen-bond donors (Lipinski definition) is 1. The van der Waals surface area contributed by atoms with E-state index in [2.05, 4.69) is 10.4 Å². The summed E-state index contributed by atoms with van der Waals surface area (Å²) in [7, 11) is 0. The average Bonchev–Trinajstić information content (AvgIpc) is 2.77. The van der Waals surface area contributed by atoms with Gasteiger partial charge in [-0.05, 0) is 5.92 Å². The van der Waals surface area contributed by atoms with E-state index in [0.717, 1.165) is 0 Å². The Morgan fingerprint density at radius 3 is 2.35 bits per heavy atom. The molecule has 5 nitrogen and oxygen atoms in total. The van der Waals surface area contributed by atoms with Gasteiger partial charge in [0.2, 0.25) is 11.8 Å². The Labute approximate surface area is 162 Å². The summed E-state index contributed by atoms with van der Waals surface area (Å²) in [5.41, 5.74) is 1.27. The maximum absolute atomic E-state index is 13.2. The maximum Gasteiger partial charge on any atom is 0.412 e. The Morgan fingerprint density at radius 1 is 1.27 bits per heavy atom. The number of carbonyl (C=O) groups is 1. The molecule has 2 aliphatic rings. The second kappa shape index (κ2) is 6.83. The number of anilines is 1. The summed E-state index contributed by atoms with van der Waals surface area (Å²) in [5, 5.41) is 6.90. The van der Waals surface area contributed by atoms with E-state index in [1.165, 1.54) is 2.90 Å². The lowest BCUT2D eigenvalue weighted by molar-refractivity contribution is -0.121. The van der Waals surface area contributed by atoms with Crippen molar-refractivity contribution in [2.75, 3.05) is 11.9 Å². The fourth-order valence-electron chi connectivity index (χ4n) is 3.49. The number of hydrogen-bond acceptors (Lipinski definition) is 3. The lowest BCUT2D eigenvalue weighted by Crippen LogP contribution is -2.38. The van der Waals surface area contributed by atoms with Gasteiger partial charge in [-0.1, -0.05) is 13.8 Å². The van der Waals surface area contributed by atoms with Gasteiger partial charge >= 0.3 is 6.09 Å². The number of ether oxygens (including phenoxy) is 1. The van der Waals surface area contributed by atoms with Crippen molar-refractivity contribution in [3.8, 4) is 0 Å². The number of amides is 1. The fourth-order valence-corrected chi connectivity index (χ4v) is 4.10. The lowest BCUT2D eigenvalue weighted by Gasteiger charge is -2.34. The van der Waals surface area contributed by atoms with E-state index in [9.17, 15) is 22.4 Å². The van der Waals surface area contributed by atoms with E-state index >= 15 is 0 Å². The average molecular weight is 489 g/mol. The summed E-state index contributed by atoms with van der Waals surface area (Å²) in [6.07, 6.45) is -1.81. The molecule has 26 heavy (non-hydrogen) atoms. The summed E-state index contributed by atoms with van der Waals surface area (Å²) in [6, 6.07) is 0. The van der Waals surface area contributed by atoms with Crippen molar-refractivity contribution in [3.05, 3.63) is 11.3 Å². The second-order valence-electron chi connectivity index (χ2n) is 7.48. The van der Waals surface area contributed by atoms with Crippen molar-refractivity contribution in [2.24, 2.45) is 5.92 Å². The zero-order valence-corrected chi connectivity index (χ0v) is 16.5. The molecule has 2 aliphatic carbocycles. The molecule has 1 heterocycles. The molecule has 0 unspecified atom stereocenters. The molecule has 0 aromatic carbocycles. The first-order valence-corrected chi connectivity index (χ1v) is 9.42. The third-order valence-corrected chi connectivity index (χ3v) is 5.51. The van der Waals surface area contributed by atoms with E-state index < -0.39 is 17.9 Å². The predicted octanol–water partition coefficient (Wildman–Crippen LogP) is 5.31. The number of alkyl halides is 4. The number of nitrogens with zero attached hydrogens (tertiary/aromatic N) is 2. The molecule has 0 saturated heterocycles. The molecule has 2 fully saturated rings. The molecule has 1 aromatic rings. The molecule has 10 heteroatoms. The van der Waals surface area contributed by atoms with Crippen LogP contribution in [0.1, 0.15) is 62.6 Å². The Hall–Kier alpha value is -1.07. The first-order valence-electron chi connectivity index (χ1n) is 8.46. The number of rotatable bonds is 5. The molecule has 1 aromatic heterocycles. The smallest absolute Gasteiger partial charge is 0.412 e. The highest BCUT2D eigenvalue weighted by atomic mass is 127. The quantitative estimate of drug-likeness (QED) is 0.451. The van der Waals surface area contributed by atoms with Crippen molar-refractivity contribution in [2.45, 2.75) is 63.2 Å². The predicted molar refractivity (Wildman–Crippen MR) is 95.3 cm³/mol. The van der Waals surface area contributed by atoms with Crippen LogP contribution >= 0.6 is 22.9 Å². The molecule has 0 radical (unpaired) electrons. The Kier molecular flexibility index (Phi) is 5.17. The Morgan fingerprint density at radius 2 is 1.85 bits per heavy atom. The van der Waals surface area contributed by atoms with Crippen LogP contribution in [0.15, 0.2) is 0 Å². The third-order valence-electron chi connectivity index (χ3n) is 4.81. The van der Waals surface area contributed by atoms with E-state index in [-0.39, 0.29) is 50.0 Å². The minimum absolute atomic E-state index is 0.0386. The van der Waals surface area contributed by atoms with Crippen molar-refractivity contribution >= 4 is 34.8 Å². The van der Waals surface area contributed by atoms with E-state index in [1.807, 2.05) is 36.7 Å². The molecule has 2 saturated carbocycles. The van der Waals surface area contributed by atoms with Gasteiger partial charge in [0.25, 0.3) is 0 Å². The highest BCUT2D eigenvalue weighted by Crippen LogP contribution is 2.50. The highest BCUT2D eigenvalue weighted by Gasteiger charge is 2.48. The molecule has 1 N–H and O–H groups in total. The van der Waals surface area contributed by atoms with Crippen LogP contribution in [0.25, 0.3) is 0 Å². The zero-order valence-electron chi connectivity index (χ0n) is 14.4. The van der Waals surface area contributed by atoms with Gasteiger partial charge in [-0.2, -0.15) is 7.99 Å². The van der Waals surface area contributed by atoms with Gasteiger partial charge in [0.1, 0.15) is 5.82 Å². The van der Waals surface area contributed by atoms with Gasteiger partial charge in [0, 0.05) is 43.1 Å². The highest BCUT2D eigenvalue weighted by molar-refractivity contribution is 14.1. The first-order chi connectivity index (χ1) is 12.0. The fraction of sp³-hybridized carbons (Fsp3) is 0.750. The normalized spacial score (nSPS) is 22.0. The Balaban J connectivity index is 1.65. The SMILES string of the molecule is CC(C)c1c(C2CC(F)(F)C2)nn(I)c1NC(=O)OCC1CC(F)(F)C1. The summed E-state index contributed by atoms with van der Waals surface area (Å²) >= 11 is 1.87. The minimum Gasteiger partial charge on any atom is -0.449 e. The molecule has 0 aliphatic heterocycles. The van der Waals surface area contributed by atoms with Gasteiger partial charge in [-0.15, -0.1) is 0 Å². The zero-order chi connectivity index (χ0) is 19.3. The number of aromatic nitrogens is 2. The largest absolute Gasteiger partial charge is 0.449 e. The van der Waals surface area contributed by atoms with Gasteiger partial charge in [0.15, 0.2) is 0 Å². The number of halogens is 5. The molecule has 1 amide bonds. The second-order valence-corrected chi connectivity index (χ2v) is 8.39. The van der Waals surface area contributed by atoms with Crippen LogP contribution in [0.5, 0.6) is 0 Å². The number of carbonyl (C=O) groups excluding carboxylic acids is 1. The van der Waals surface area contributed by atoms with Gasteiger partial charge < -0.3 is 4.74 Å². The molecule has 146 valence electrons. The maximum atomic E-state index is 13.2. The van der Waals surface area contributed by atoms with Crippen molar-refractivity contribution in [1.29, 1.82) is 0 Å². The van der Waals surface area contributed by atoms with Crippen LogP contribution in [0.4, 0.5) is 28.2 Å². The summed E-state index contributed by atoms with van der Waals surface area (Å²) in [4.78, 5) is 12.0. The van der Waals surface area contributed by atoms with Gasteiger partial charge in [-0.25, -0.2) is 22.4 Å². The van der Waals surface area contributed by atoms with Crippen LogP contribution in [-0.2, 0) is 4.74 Å². The number of nitrogens with one attached hydrogen (secondary N) is 1. The first kappa shape index (κ1) is 19.7. The van der Waals surface area contributed by atoms with Crippen LogP contribution in [0.3, 0.4) is 0 Å². The molecular weight excluding hydrogens is 469 g/mol. The monoisotopic (exact) mass is 489 g/mol. The van der Waals surface area contributed by atoms with E-state index in [1.54, 1.807) is 0 Å². The van der Waals surface area contributed by atoms with Crippen LogP contribution in [0, 0.1) is 5.92 Å². The lowest BCUT2D eigenvalue weighted by atomic mass is 9.77. The van der Waals surface area contributed by atoms with Crippen LogP contribution < -0.4 is 5.32 Å². The van der Waals surface area contributed by atoms with Crippen molar-refractivity contribution < 1.29 is 27.1 Å². The topological polar surface area (TPSA) is 56.2 Å². The van der Waals surface area contributed by atoms with Gasteiger partial charge in [0.05, 0.1) is 35.2 Å². The summed E-state index contributed by atoms with van der Waals surface area (Å²) in [6.45, 7) is 3.71. The van der Waals surface area contributed by atoms with Crippen molar-refractivity contribution in [3.63, 3.8) is 0 Å². The summed E-state index contributed by atoms with van der Waals surface area (Å²) < 4.78 is 58.5. The molecule has 0 spiro atoms.